The molecule has 0 saturated heterocycles. The maximum absolute atomic E-state index is 13.0. The minimum atomic E-state index is -4.39. The maximum Gasteiger partial charge on any atom is 0.416 e. The monoisotopic (exact) mass is 459 g/mol. The first kappa shape index (κ1) is 22.0. The SMILES string of the molecule is O=C(N[C@@H]1CCC[C@H](c2nc3ccc(C(F)(F)F)cc3[nH]2)C1)c1n[nH]c2c1CCCCCC2. The van der Waals surface area contributed by atoms with Crippen LogP contribution in [0.4, 0.5) is 13.2 Å². The van der Waals surface area contributed by atoms with E-state index in [1.165, 1.54) is 18.9 Å². The minimum absolute atomic E-state index is 0.0175. The zero-order valence-electron chi connectivity index (χ0n) is 18.4. The Bertz CT molecular complexity index is 1150. The third-order valence-electron chi connectivity index (χ3n) is 7.00. The number of rotatable bonds is 3. The smallest absolute Gasteiger partial charge is 0.348 e. The Morgan fingerprint density at radius 2 is 1.88 bits per heavy atom. The highest BCUT2D eigenvalue weighted by atomic mass is 19.4. The molecule has 2 aliphatic rings. The fourth-order valence-corrected chi connectivity index (χ4v) is 5.24. The summed E-state index contributed by atoms with van der Waals surface area (Å²) in [7, 11) is 0. The molecule has 3 aromatic rings. The third kappa shape index (κ3) is 4.63. The summed E-state index contributed by atoms with van der Waals surface area (Å²) in [5.74, 6) is 0.608. The summed E-state index contributed by atoms with van der Waals surface area (Å²) in [6, 6.07) is 3.56. The number of hydrogen-bond donors (Lipinski definition) is 3. The van der Waals surface area contributed by atoms with Gasteiger partial charge in [0.15, 0.2) is 5.69 Å². The molecular weight excluding hydrogens is 431 g/mol. The van der Waals surface area contributed by atoms with Crippen molar-refractivity contribution in [1.29, 1.82) is 0 Å². The molecule has 176 valence electrons. The second kappa shape index (κ2) is 8.83. The summed E-state index contributed by atoms with van der Waals surface area (Å²) >= 11 is 0. The van der Waals surface area contributed by atoms with Gasteiger partial charge in [-0.25, -0.2) is 4.98 Å². The second-order valence-electron chi connectivity index (χ2n) is 9.33. The van der Waals surface area contributed by atoms with Crippen LogP contribution in [0.1, 0.15) is 90.4 Å². The molecule has 0 bridgehead atoms. The van der Waals surface area contributed by atoms with E-state index in [1.807, 2.05) is 0 Å². The van der Waals surface area contributed by atoms with E-state index in [2.05, 4.69) is 25.5 Å². The van der Waals surface area contributed by atoms with Crippen LogP contribution in [-0.2, 0) is 19.0 Å². The first-order valence-electron chi connectivity index (χ1n) is 11.8. The number of carbonyl (C=O) groups is 1. The van der Waals surface area contributed by atoms with Crippen molar-refractivity contribution in [1.82, 2.24) is 25.5 Å². The number of imidazole rings is 1. The number of fused-ring (bicyclic) bond motifs is 2. The molecular formula is C24H28F3N5O. The molecule has 2 aromatic heterocycles. The van der Waals surface area contributed by atoms with Gasteiger partial charge in [0.25, 0.3) is 5.91 Å². The number of carbonyl (C=O) groups excluding carboxylic acids is 1. The molecule has 9 heteroatoms. The van der Waals surface area contributed by atoms with E-state index in [4.69, 9.17) is 0 Å². The molecule has 1 aromatic carbocycles. The highest BCUT2D eigenvalue weighted by Crippen LogP contribution is 2.35. The van der Waals surface area contributed by atoms with Gasteiger partial charge in [0, 0.05) is 23.2 Å². The standard InChI is InChI=1S/C24H28F3N5O/c25-24(26,27)15-10-11-19-20(13-15)30-22(29-19)14-6-5-7-16(12-14)28-23(33)21-17-8-3-1-2-4-9-18(17)31-32-21/h10-11,13-14,16H,1-9,12H2,(H,28,33)(H,29,30)(H,31,32)/t14-,16+/m0/s1. The van der Waals surface area contributed by atoms with Crippen molar-refractivity contribution in [2.24, 2.45) is 0 Å². The van der Waals surface area contributed by atoms with E-state index in [0.717, 1.165) is 68.3 Å². The second-order valence-corrected chi connectivity index (χ2v) is 9.33. The van der Waals surface area contributed by atoms with E-state index in [1.54, 1.807) is 0 Å². The van der Waals surface area contributed by atoms with Crippen molar-refractivity contribution in [2.45, 2.75) is 82.3 Å². The van der Waals surface area contributed by atoms with E-state index in [-0.39, 0.29) is 17.9 Å². The zero-order valence-corrected chi connectivity index (χ0v) is 18.4. The molecule has 0 aliphatic heterocycles. The Morgan fingerprint density at radius 1 is 1.06 bits per heavy atom. The summed E-state index contributed by atoms with van der Waals surface area (Å²) in [5.41, 5.74) is 2.88. The van der Waals surface area contributed by atoms with Crippen LogP contribution in [0.5, 0.6) is 0 Å². The molecule has 2 heterocycles. The van der Waals surface area contributed by atoms with Crippen LogP contribution < -0.4 is 5.32 Å². The first-order valence-corrected chi connectivity index (χ1v) is 11.8. The van der Waals surface area contributed by atoms with Gasteiger partial charge >= 0.3 is 6.18 Å². The van der Waals surface area contributed by atoms with E-state index < -0.39 is 11.7 Å². The van der Waals surface area contributed by atoms with E-state index in [0.29, 0.717) is 29.0 Å². The number of aryl methyl sites for hydroxylation is 1. The molecule has 0 radical (unpaired) electrons. The Balaban J connectivity index is 1.29. The van der Waals surface area contributed by atoms with Crippen LogP contribution in [0.25, 0.3) is 11.0 Å². The molecule has 1 fully saturated rings. The molecule has 5 rings (SSSR count). The Labute approximate surface area is 189 Å². The van der Waals surface area contributed by atoms with Crippen LogP contribution in [-0.4, -0.2) is 32.1 Å². The zero-order chi connectivity index (χ0) is 23.0. The molecule has 3 N–H and O–H groups in total. The highest BCUT2D eigenvalue weighted by molar-refractivity contribution is 5.94. The molecule has 0 unspecified atom stereocenters. The van der Waals surface area contributed by atoms with Crippen molar-refractivity contribution in [3.05, 3.63) is 46.5 Å². The highest BCUT2D eigenvalue weighted by Gasteiger charge is 2.32. The number of alkyl halides is 3. The maximum atomic E-state index is 13.0. The minimum Gasteiger partial charge on any atom is -0.348 e. The fourth-order valence-electron chi connectivity index (χ4n) is 5.24. The lowest BCUT2D eigenvalue weighted by Gasteiger charge is -2.28. The predicted octanol–water partition coefficient (Wildman–Crippen LogP) is 5.42. The molecule has 33 heavy (non-hydrogen) atoms. The number of benzene rings is 1. The van der Waals surface area contributed by atoms with Gasteiger partial charge in [-0.2, -0.15) is 18.3 Å². The van der Waals surface area contributed by atoms with Crippen LogP contribution >= 0.6 is 0 Å². The molecule has 1 saturated carbocycles. The van der Waals surface area contributed by atoms with Gasteiger partial charge in [-0.1, -0.05) is 19.3 Å². The summed E-state index contributed by atoms with van der Waals surface area (Å²) in [5, 5.41) is 10.6. The number of halogens is 3. The van der Waals surface area contributed by atoms with E-state index >= 15 is 0 Å². The normalized spacial score (nSPS) is 21.9. The van der Waals surface area contributed by atoms with Crippen LogP contribution in [0.15, 0.2) is 18.2 Å². The van der Waals surface area contributed by atoms with Gasteiger partial charge in [0.2, 0.25) is 0 Å². The average Bonchev–Trinajstić information content (AvgIpc) is 3.36. The van der Waals surface area contributed by atoms with Crippen molar-refractivity contribution in [3.8, 4) is 0 Å². The van der Waals surface area contributed by atoms with Gasteiger partial charge in [0.1, 0.15) is 5.82 Å². The molecule has 6 nitrogen and oxygen atoms in total. The Morgan fingerprint density at radius 3 is 2.70 bits per heavy atom. The fraction of sp³-hybridized carbons (Fsp3) is 0.542. The molecule has 1 amide bonds. The van der Waals surface area contributed by atoms with Crippen molar-refractivity contribution in [2.75, 3.05) is 0 Å². The first-order chi connectivity index (χ1) is 15.9. The van der Waals surface area contributed by atoms with Crippen molar-refractivity contribution in [3.63, 3.8) is 0 Å². The molecule has 2 aliphatic carbocycles. The lowest BCUT2D eigenvalue weighted by atomic mass is 9.85. The quantitative estimate of drug-likeness (QED) is 0.489. The van der Waals surface area contributed by atoms with Gasteiger partial charge in [0.05, 0.1) is 16.6 Å². The van der Waals surface area contributed by atoms with Crippen LogP contribution in [0.2, 0.25) is 0 Å². The number of H-pyrrole nitrogens is 2. The lowest BCUT2D eigenvalue weighted by Crippen LogP contribution is -2.38. The summed E-state index contributed by atoms with van der Waals surface area (Å²) in [6.45, 7) is 0. The van der Waals surface area contributed by atoms with Crippen molar-refractivity contribution < 1.29 is 18.0 Å². The number of aromatic nitrogens is 4. The van der Waals surface area contributed by atoms with Gasteiger partial charge in [-0.15, -0.1) is 0 Å². The number of amides is 1. The van der Waals surface area contributed by atoms with Gasteiger partial charge < -0.3 is 10.3 Å². The number of nitrogens with one attached hydrogen (secondary N) is 3. The largest absolute Gasteiger partial charge is 0.416 e. The predicted molar refractivity (Wildman–Crippen MR) is 118 cm³/mol. The lowest BCUT2D eigenvalue weighted by molar-refractivity contribution is -0.137. The molecule has 2 atom stereocenters. The summed E-state index contributed by atoms with van der Waals surface area (Å²) in [6.07, 6.45) is 5.36. The van der Waals surface area contributed by atoms with Gasteiger partial charge in [-0.3, -0.25) is 9.89 Å². The third-order valence-corrected chi connectivity index (χ3v) is 7.00. The summed E-state index contributed by atoms with van der Waals surface area (Å²) < 4.78 is 39.1. The number of aromatic amines is 2. The number of hydrogen-bond acceptors (Lipinski definition) is 3. The van der Waals surface area contributed by atoms with Gasteiger partial charge in [-0.05, 0) is 63.1 Å². The van der Waals surface area contributed by atoms with E-state index in [9.17, 15) is 18.0 Å². The molecule has 0 spiro atoms. The summed E-state index contributed by atoms with van der Waals surface area (Å²) in [4.78, 5) is 20.7. The van der Waals surface area contributed by atoms with Crippen molar-refractivity contribution >= 4 is 16.9 Å². The Kier molecular flexibility index (Phi) is 5.88. The van der Waals surface area contributed by atoms with Crippen LogP contribution in [0, 0.1) is 0 Å². The number of nitrogens with zero attached hydrogens (tertiary/aromatic N) is 2. The topological polar surface area (TPSA) is 86.5 Å². The Hall–Kier alpha value is -2.84. The van der Waals surface area contributed by atoms with Crippen LogP contribution in [0.3, 0.4) is 0 Å². The average molecular weight is 460 g/mol.